The van der Waals surface area contributed by atoms with Gasteiger partial charge in [-0.05, 0) is 39.8 Å². The number of rotatable bonds is 3. The molecule has 0 unspecified atom stereocenters. The van der Waals surface area contributed by atoms with Crippen molar-refractivity contribution in [3.8, 4) is 0 Å². The van der Waals surface area contributed by atoms with Crippen LogP contribution in [0.25, 0.3) is 11.0 Å². The number of hydrogen-bond acceptors (Lipinski definition) is 6. The van der Waals surface area contributed by atoms with Crippen molar-refractivity contribution in [2.45, 2.75) is 33.2 Å². The maximum absolute atomic E-state index is 12.1. The highest BCUT2D eigenvalue weighted by Gasteiger charge is 2.18. The van der Waals surface area contributed by atoms with E-state index in [1.165, 1.54) is 0 Å². The van der Waals surface area contributed by atoms with Crippen LogP contribution in [0.1, 0.15) is 36.9 Å². The van der Waals surface area contributed by atoms with E-state index in [4.69, 9.17) is 9.15 Å². The fraction of sp³-hybridized carbons (Fsp3) is 0.333. The summed E-state index contributed by atoms with van der Waals surface area (Å²) < 4.78 is 10.1. The van der Waals surface area contributed by atoms with Crippen LogP contribution < -0.4 is 16.1 Å². The van der Waals surface area contributed by atoms with Crippen LogP contribution in [0.5, 0.6) is 0 Å². The van der Waals surface area contributed by atoms with Gasteiger partial charge < -0.3 is 14.5 Å². The molecule has 1 heterocycles. The number of carbonyl (C=O) groups excluding carboxylic acids is 3. The number of urea groups is 1. The molecule has 2 N–H and O–H groups in total. The topological polar surface area (TPSA) is 115 Å². The standard InChI is InChI=1S/C18H20N2O6/c1-10-5-6-13-11(7-10)12(21)8-14(26-13)16(23)25-9-15(22)19-17(24)20-18(2,3)4/h5-8H,9H2,1-4H3,(H2,19,20,22,24). The summed E-state index contributed by atoms with van der Waals surface area (Å²) in [7, 11) is 0. The van der Waals surface area contributed by atoms with Gasteiger partial charge in [0.2, 0.25) is 5.76 Å². The molecule has 138 valence electrons. The largest absolute Gasteiger partial charge is 0.450 e. The van der Waals surface area contributed by atoms with Crippen LogP contribution in [0.3, 0.4) is 0 Å². The molecule has 2 aromatic rings. The molecule has 8 nitrogen and oxygen atoms in total. The first kappa shape index (κ1) is 19.2. The summed E-state index contributed by atoms with van der Waals surface area (Å²) in [5, 5.41) is 4.91. The molecule has 8 heteroatoms. The Morgan fingerprint density at radius 3 is 2.50 bits per heavy atom. The van der Waals surface area contributed by atoms with Gasteiger partial charge in [0.15, 0.2) is 12.0 Å². The van der Waals surface area contributed by atoms with E-state index in [2.05, 4.69) is 5.32 Å². The third kappa shape index (κ3) is 5.17. The number of esters is 1. The lowest BCUT2D eigenvalue weighted by molar-refractivity contribution is -0.123. The number of carbonyl (C=O) groups is 3. The smallest absolute Gasteiger partial charge is 0.374 e. The third-order valence-corrected chi connectivity index (χ3v) is 3.16. The van der Waals surface area contributed by atoms with Crippen molar-refractivity contribution in [2.24, 2.45) is 0 Å². The average Bonchev–Trinajstić information content (AvgIpc) is 2.51. The maximum atomic E-state index is 12.1. The number of hydrogen-bond donors (Lipinski definition) is 2. The van der Waals surface area contributed by atoms with Crippen molar-refractivity contribution < 1.29 is 23.5 Å². The molecule has 1 aromatic heterocycles. The molecule has 0 aliphatic heterocycles. The Kier molecular flexibility index (Phi) is 5.44. The first-order valence-electron chi connectivity index (χ1n) is 7.89. The summed E-state index contributed by atoms with van der Waals surface area (Å²) in [5.74, 6) is -2.10. The summed E-state index contributed by atoms with van der Waals surface area (Å²) >= 11 is 0. The Bertz CT molecular complexity index is 923. The van der Waals surface area contributed by atoms with E-state index in [0.717, 1.165) is 11.6 Å². The zero-order chi connectivity index (χ0) is 19.5. The lowest BCUT2D eigenvalue weighted by Crippen LogP contribution is -2.49. The normalized spacial score (nSPS) is 11.1. The Morgan fingerprint density at radius 2 is 1.85 bits per heavy atom. The van der Waals surface area contributed by atoms with Gasteiger partial charge in [0.25, 0.3) is 5.91 Å². The van der Waals surface area contributed by atoms with Crippen LogP contribution in [0.2, 0.25) is 0 Å². The Balaban J connectivity index is 2.01. The molecule has 3 amide bonds. The van der Waals surface area contributed by atoms with Crippen LogP contribution in [0.4, 0.5) is 4.79 Å². The van der Waals surface area contributed by atoms with Gasteiger partial charge >= 0.3 is 12.0 Å². The van der Waals surface area contributed by atoms with Crippen LogP contribution >= 0.6 is 0 Å². The molecule has 0 atom stereocenters. The van der Waals surface area contributed by atoms with E-state index in [1.54, 1.807) is 39.0 Å². The highest BCUT2D eigenvalue weighted by Crippen LogP contribution is 2.14. The summed E-state index contributed by atoms with van der Waals surface area (Å²) in [6, 6.07) is 5.27. The van der Waals surface area contributed by atoms with Gasteiger partial charge in [0.05, 0.1) is 5.39 Å². The molecule has 0 spiro atoms. The molecule has 26 heavy (non-hydrogen) atoms. The van der Waals surface area contributed by atoms with Crippen molar-refractivity contribution in [3.63, 3.8) is 0 Å². The van der Waals surface area contributed by atoms with Crippen LogP contribution in [0, 0.1) is 6.92 Å². The van der Waals surface area contributed by atoms with Crippen molar-refractivity contribution in [3.05, 3.63) is 45.8 Å². The number of aryl methyl sites for hydroxylation is 1. The van der Waals surface area contributed by atoms with Gasteiger partial charge in [-0.1, -0.05) is 11.6 Å². The minimum Gasteiger partial charge on any atom is -0.450 e. The Morgan fingerprint density at radius 1 is 1.15 bits per heavy atom. The summed E-state index contributed by atoms with van der Waals surface area (Å²) in [6.07, 6.45) is 0. The molecule has 2 rings (SSSR count). The molecule has 0 radical (unpaired) electrons. The summed E-state index contributed by atoms with van der Waals surface area (Å²) in [5.41, 5.74) is 0.207. The predicted molar refractivity (Wildman–Crippen MR) is 93.9 cm³/mol. The monoisotopic (exact) mass is 360 g/mol. The minimum absolute atomic E-state index is 0.240. The van der Waals surface area contributed by atoms with Crippen LogP contribution in [-0.2, 0) is 9.53 Å². The van der Waals surface area contributed by atoms with E-state index < -0.39 is 35.5 Å². The average molecular weight is 360 g/mol. The second-order valence-corrected chi connectivity index (χ2v) is 6.80. The van der Waals surface area contributed by atoms with Gasteiger partial charge in [-0.15, -0.1) is 0 Å². The quantitative estimate of drug-likeness (QED) is 0.808. The van der Waals surface area contributed by atoms with Gasteiger partial charge in [-0.2, -0.15) is 0 Å². The van der Waals surface area contributed by atoms with Crippen molar-refractivity contribution >= 4 is 28.9 Å². The number of nitrogens with one attached hydrogen (secondary N) is 2. The van der Waals surface area contributed by atoms with E-state index in [0.29, 0.717) is 5.39 Å². The lowest BCUT2D eigenvalue weighted by Gasteiger charge is -2.20. The number of amides is 3. The van der Waals surface area contributed by atoms with Crippen molar-refractivity contribution in [1.29, 1.82) is 0 Å². The van der Waals surface area contributed by atoms with Crippen molar-refractivity contribution in [2.75, 3.05) is 6.61 Å². The lowest BCUT2D eigenvalue weighted by atomic mass is 10.1. The molecular weight excluding hydrogens is 340 g/mol. The first-order valence-corrected chi connectivity index (χ1v) is 7.89. The van der Waals surface area contributed by atoms with E-state index in [1.807, 2.05) is 12.2 Å². The van der Waals surface area contributed by atoms with Gasteiger partial charge in [0.1, 0.15) is 5.58 Å². The van der Waals surface area contributed by atoms with Gasteiger partial charge in [-0.25, -0.2) is 9.59 Å². The Hall–Kier alpha value is -3.16. The fourth-order valence-electron chi connectivity index (χ4n) is 2.11. The predicted octanol–water partition coefficient (Wildman–Crippen LogP) is 1.88. The molecule has 1 aromatic carbocycles. The second kappa shape index (κ2) is 7.38. The van der Waals surface area contributed by atoms with Crippen LogP contribution in [-0.4, -0.2) is 30.1 Å². The molecule has 0 fully saturated rings. The first-order chi connectivity index (χ1) is 12.0. The van der Waals surface area contributed by atoms with Crippen molar-refractivity contribution in [1.82, 2.24) is 10.6 Å². The minimum atomic E-state index is -0.976. The van der Waals surface area contributed by atoms with Crippen LogP contribution in [0.15, 0.2) is 33.5 Å². The molecule has 0 saturated carbocycles. The molecule has 0 saturated heterocycles. The van der Waals surface area contributed by atoms with E-state index >= 15 is 0 Å². The molecule has 0 bridgehead atoms. The zero-order valence-corrected chi connectivity index (χ0v) is 15.0. The zero-order valence-electron chi connectivity index (χ0n) is 15.0. The summed E-state index contributed by atoms with van der Waals surface area (Å²) in [6.45, 7) is 6.39. The number of benzene rings is 1. The number of fused-ring (bicyclic) bond motifs is 1. The van der Waals surface area contributed by atoms with E-state index in [9.17, 15) is 19.2 Å². The Labute approximate surface area is 149 Å². The summed E-state index contributed by atoms with van der Waals surface area (Å²) in [4.78, 5) is 47.3. The van der Waals surface area contributed by atoms with E-state index in [-0.39, 0.29) is 11.3 Å². The molecule has 0 aliphatic rings. The molecular formula is C18H20N2O6. The fourth-order valence-corrected chi connectivity index (χ4v) is 2.11. The number of ether oxygens (including phenoxy) is 1. The number of imide groups is 1. The highest BCUT2D eigenvalue weighted by molar-refractivity contribution is 5.97. The second-order valence-electron chi connectivity index (χ2n) is 6.80. The third-order valence-electron chi connectivity index (χ3n) is 3.16. The maximum Gasteiger partial charge on any atom is 0.374 e. The van der Waals surface area contributed by atoms with Gasteiger partial charge in [0, 0.05) is 11.6 Å². The molecule has 0 aliphatic carbocycles. The highest BCUT2D eigenvalue weighted by atomic mass is 16.5. The van der Waals surface area contributed by atoms with Gasteiger partial charge in [-0.3, -0.25) is 14.9 Å². The SMILES string of the molecule is Cc1ccc2oc(C(=O)OCC(=O)NC(=O)NC(C)(C)C)cc(=O)c2c1.